The summed E-state index contributed by atoms with van der Waals surface area (Å²) in [5, 5.41) is 3.59. The van der Waals surface area contributed by atoms with Crippen molar-refractivity contribution in [2.24, 2.45) is 5.41 Å². The topological polar surface area (TPSA) is 12.0 Å². The second kappa shape index (κ2) is 3.27. The van der Waals surface area contributed by atoms with Crippen LogP contribution in [0.2, 0.25) is 0 Å². The SMILES string of the molecule is CC(C)(C)C1Cc2ccc(Br)cc2N1. The normalized spacial score (nSPS) is 20.4. The molecule has 1 aliphatic heterocycles. The summed E-state index contributed by atoms with van der Waals surface area (Å²) in [5.74, 6) is 0. The van der Waals surface area contributed by atoms with Gasteiger partial charge in [0.05, 0.1) is 0 Å². The Morgan fingerprint density at radius 3 is 2.71 bits per heavy atom. The van der Waals surface area contributed by atoms with Crippen LogP contribution in [-0.2, 0) is 6.42 Å². The quantitative estimate of drug-likeness (QED) is 0.741. The minimum Gasteiger partial charge on any atom is -0.381 e. The van der Waals surface area contributed by atoms with E-state index in [1.54, 1.807) is 0 Å². The number of hydrogen-bond donors (Lipinski definition) is 1. The lowest BCUT2D eigenvalue weighted by molar-refractivity contribution is 0.347. The standard InChI is InChI=1S/C12H16BrN/c1-12(2,3)11-6-8-4-5-9(13)7-10(8)14-11/h4-5,7,11,14H,6H2,1-3H3. The molecule has 1 aromatic rings. The molecule has 0 aliphatic carbocycles. The van der Waals surface area contributed by atoms with Crippen LogP contribution in [0, 0.1) is 5.41 Å². The number of halogens is 1. The average molecular weight is 254 g/mol. The van der Waals surface area contributed by atoms with Gasteiger partial charge < -0.3 is 5.32 Å². The highest BCUT2D eigenvalue weighted by atomic mass is 79.9. The van der Waals surface area contributed by atoms with E-state index in [1.807, 2.05) is 0 Å². The molecule has 0 radical (unpaired) electrons. The summed E-state index contributed by atoms with van der Waals surface area (Å²) in [6, 6.07) is 7.05. The van der Waals surface area contributed by atoms with Crippen LogP contribution in [0.15, 0.2) is 22.7 Å². The van der Waals surface area contributed by atoms with E-state index in [4.69, 9.17) is 0 Å². The lowest BCUT2D eigenvalue weighted by Crippen LogP contribution is -2.31. The summed E-state index contributed by atoms with van der Waals surface area (Å²) in [5.41, 5.74) is 3.05. The third kappa shape index (κ3) is 1.81. The van der Waals surface area contributed by atoms with Gasteiger partial charge in [-0.1, -0.05) is 42.8 Å². The average Bonchev–Trinajstić information content (AvgIpc) is 2.45. The third-order valence-electron chi connectivity index (χ3n) is 2.87. The second-order valence-corrected chi connectivity index (χ2v) is 5.98. The van der Waals surface area contributed by atoms with Crippen molar-refractivity contribution in [1.29, 1.82) is 0 Å². The van der Waals surface area contributed by atoms with E-state index in [2.05, 4.69) is 60.2 Å². The Balaban J connectivity index is 2.26. The maximum Gasteiger partial charge on any atom is 0.0387 e. The molecular weight excluding hydrogens is 238 g/mol. The summed E-state index contributed by atoms with van der Waals surface area (Å²) in [6.45, 7) is 6.85. The van der Waals surface area contributed by atoms with Crippen LogP contribution < -0.4 is 5.32 Å². The largest absolute Gasteiger partial charge is 0.381 e. The Kier molecular flexibility index (Phi) is 2.34. The highest BCUT2D eigenvalue weighted by Crippen LogP contribution is 2.35. The predicted octanol–water partition coefficient (Wildman–Crippen LogP) is 3.83. The lowest BCUT2D eigenvalue weighted by Gasteiger charge is -2.27. The summed E-state index contributed by atoms with van der Waals surface area (Å²) in [6.07, 6.45) is 1.14. The minimum atomic E-state index is 0.325. The van der Waals surface area contributed by atoms with Crippen molar-refractivity contribution in [1.82, 2.24) is 0 Å². The molecule has 76 valence electrons. The van der Waals surface area contributed by atoms with Gasteiger partial charge in [-0.25, -0.2) is 0 Å². The first-order valence-electron chi connectivity index (χ1n) is 5.02. The minimum absolute atomic E-state index is 0.325. The molecule has 0 saturated heterocycles. The van der Waals surface area contributed by atoms with Crippen molar-refractivity contribution in [3.8, 4) is 0 Å². The summed E-state index contributed by atoms with van der Waals surface area (Å²) in [7, 11) is 0. The van der Waals surface area contributed by atoms with Gasteiger partial charge in [-0.15, -0.1) is 0 Å². The molecule has 0 aromatic heterocycles. The van der Waals surface area contributed by atoms with Crippen molar-refractivity contribution >= 4 is 21.6 Å². The lowest BCUT2D eigenvalue weighted by atomic mass is 9.85. The zero-order valence-corrected chi connectivity index (χ0v) is 10.5. The van der Waals surface area contributed by atoms with E-state index in [9.17, 15) is 0 Å². The van der Waals surface area contributed by atoms with Gasteiger partial charge in [0.15, 0.2) is 0 Å². The van der Waals surface area contributed by atoms with Gasteiger partial charge in [0.1, 0.15) is 0 Å². The molecule has 1 aromatic carbocycles. The second-order valence-electron chi connectivity index (χ2n) is 5.07. The van der Waals surface area contributed by atoms with Crippen LogP contribution in [0.1, 0.15) is 26.3 Å². The molecular formula is C12H16BrN. The van der Waals surface area contributed by atoms with Crippen molar-refractivity contribution in [3.63, 3.8) is 0 Å². The van der Waals surface area contributed by atoms with Gasteiger partial charge in [-0.3, -0.25) is 0 Å². The Hall–Kier alpha value is -0.500. The summed E-state index contributed by atoms with van der Waals surface area (Å²) < 4.78 is 1.15. The number of rotatable bonds is 0. The van der Waals surface area contributed by atoms with Gasteiger partial charge in [-0.05, 0) is 29.5 Å². The first-order chi connectivity index (χ1) is 6.47. The molecule has 1 atom stereocenters. The molecule has 2 rings (SSSR count). The van der Waals surface area contributed by atoms with Crippen LogP contribution >= 0.6 is 15.9 Å². The van der Waals surface area contributed by atoms with Gasteiger partial charge >= 0.3 is 0 Å². The molecule has 0 fully saturated rings. The highest BCUT2D eigenvalue weighted by Gasteiger charge is 2.30. The highest BCUT2D eigenvalue weighted by molar-refractivity contribution is 9.10. The van der Waals surface area contributed by atoms with E-state index < -0.39 is 0 Å². The van der Waals surface area contributed by atoms with Crippen molar-refractivity contribution in [2.45, 2.75) is 33.2 Å². The summed E-state index contributed by atoms with van der Waals surface area (Å²) in [4.78, 5) is 0. The van der Waals surface area contributed by atoms with Crippen LogP contribution in [0.3, 0.4) is 0 Å². The van der Waals surface area contributed by atoms with Gasteiger partial charge in [0.25, 0.3) is 0 Å². The van der Waals surface area contributed by atoms with Gasteiger partial charge in [0.2, 0.25) is 0 Å². The molecule has 0 bridgehead atoms. The first-order valence-corrected chi connectivity index (χ1v) is 5.81. The molecule has 0 amide bonds. The molecule has 1 heterocycles. The fraction of sp³-hybridized carbons (Fsp3) is 0.500. The van der Waals surface area contributed by atoms with E-state index in [1.165, 1.54) is 11.3 Å². The fourth-order valence-electron chi connectivity index (χ4n) is 1.84. The smallest absolute Gasteiger partial charge is 0.0387 e. The first kappa shape index (κ1) is 10.0. The van der Waals surface area contributed by atoms with Crippen LogP contribution in [0.5, 0.6) is 0 Å². The van der Waals surface area contributed by atoms with E-state index in [0.717, 1.165) is 10.9 Å². The zero-order valence-electron chi connectivity index (χ0n) is 8.89. The number of fused-ring (bicyclic) bond motifs is 1. The van der Waals surface area contributed by atoms with E-state index in [-0.39, 0.29) is 0 Å². The zero-order chi connectivity index (χ0) is 10.3. The summed E-state index contributed by atoms with van der Waals surface area (Å²) >= 11 is 3.50. The number of hydrogen-bond acceptors (Lipinski definition) is 1. The van der Waals surface area contributed by atoms with Gasteiger partial charge in [-0.2, -0.15) is 0 Å². The maximum atomic E-state index is 3.59. The Morgan fingerprint density at radius 1 is 1.36 bits per heavy atom. The van der Waals surface area contributed by atoms with Crippen molar-refractivity contribution in [3.05, 3.63) is 28.2 Å². The molecule has 0 saturated carbocycles. The monoisotopic (exact) mass is 253 g/mol. The Morgan fingerprint density at radius 2 is 2.07 bits per heavy atom. The van der Waals surface area contributed by atoms with Crippen molar-refractivity contribution in [2.75, 3.05) is 5.32 Å². The Bertz CT molecular complexity index is 352. The Labute approximate surface area is 94.0 Å². The maximum absolute atomic E-state index is 3.59. The molecule has 1 unspecified atom stereocenters. The van der Waals surface area contributed by atoms with Crippen molar-refractivity contribution < 1.29 is 0 Å². The van der Waals surface area contributed by atoms with E-state index in [0.29, 0.717) is 11.5 Å². The molecule has 2 heteroatoms. The van der Waals surface area contributed by atoms with E-state index >= 15 is 0 Å². The predicted molar refractivity (Wildman–Crippen MR) is 64.7 cm³/mol. The molecule has 14 heavy (non-hydrogen) atoms. The molecule has 1 N–H and O–H groups in total. The number of benzene rings is 1. The number of anilines is 1. The van der Waals surface area contributed by atoms with Gasteiger partial charge in [0, 0.05) is 16.2 Å². The van der Waals surface area contributed by atoms with Crippen LogP contribution in [0.4, 0.5) is 5.69 Å². The molecule has 0 spiro atoms. The van der Waals surface area contributed by atoms with Crippen LogP contribution in [0.25, 0.3) is 0 Å². The third-order valence-corrected chi connectivity index (χ3v) is 3.36. The fourth-order valence-corrected chi connectivity index (χ4v) is 2.20. The molecule has 1 aliphatic rings. The number of nitrogens with one attached hydrogen (secondary N) is 1. The van der Waals surface area contributed by atoms with Crippen LogP contribution in [-0.4, -0.2) is 6.04 Å². The molecule has 1 nitrogen and oxygen atoms in total.